The van der Waals surface area contributed by atoms with Gasteiger partial charge < -0.3 is 5.11 Å². The van der Waals surface area contributed by atoms with Crippen molar-refractivity contribution in [2.45, 2.75) is 39.0 Å². The van der Waals surface area contributed by atoms with E-state index in [0.29, 0.717) is 5.56 Å². The van der Waals surface area contributed by atoms with Gasteiger partial charge >= 0.3 is 6.18 Å². The van der Waals surface area contributed by atoms with Crippen molar-refractivity contribution in [3.8, 4) is 11.8 Å². The van der Waals surface area contributed by atoms with Gasteiger partial charge in [0.1, 0.15) is 0 Å². The van der Waals surface area contributed by atoms with Crippen LogP contribution < -0.4 is 0 Å². The number of rotatable bonds is 0. The van der Waals surface area contributed by atoms with Crippen LogP contribution in [0.15, 0.2) is 36.4 Å². The lowest BCUT2D eigenvalue weighted by Crippen LogP contribution is -2.21. The molecule has 4 heteroatoms. The normalized spacial score (nSPS) is 19.8. The first-order valence-corrected chi connectivity index (χ1v) is 8.23. The van der Waals surface area contributed by atoms with Gasteiger partial charge in [0.15, 0.2) is 0 Å². The molecule has 1 nitrogen and oxygen atoms in total. The van der Waals surface area contributed by atoms with Gasteiger partial charge in [0.2, 0.25) is 0 Å². The molecule has 3 rings (SSSR count). The Morgan fingerprint density at radius 3 is 2.28 bits per heavy atom. The van der Waals surface area contributed by atoms with Crippen LogP contribution >= 0.6 is 0 Å². The zero-order chi connectivity index (χ0) is 18.2. The van der Waals surface area contributed by atoms with Gasteiger partial charge in [0.25, 0.3) is 0 Å². The smallest absolute Gasteiger partial charge is 0.387 e. The molecule has 0 heterocycles. The van der Waals surface area contributed by atoms with Crippen molar-refractivity contribution in [1.82, 2.24) is 0 Å². The summed E-state index contributed by atoms with van der Waals surface area (Å²) in [6, 6.07) is 8.87. The van der Waals surface area contributed by atoms with Crippen molar-refractivity contribution in [2.75, 3.05) is 0 Å². The van der Waals surface area contributed by atoms with Gasteiger partial charge in [0.05, 0.1) is 17.6 Å². The standard InChI is InChI=1S/C21H19F3O/c1-13-3-4-14(2)19-18(13)12-9-16(20(19)25)8-5-15-6-10-17(11-7-15)21(22,23)24/h3-4,6-7,10-11,16,20,25H,9,12H2,1-2H3/t16-,20-/m0/s1. The van der Waals surface area contributed by atoms with Crippen LogP contribution in [-0.4, -0.2) is 5.11 Å². The van der Waals surface area contributed by atoms with E-state index >= 15 is 0 Å². The summed E-state index contributed by atoms with van der Waals surface area (Å²) in [7, 11) is 0. The van der Waals surface area contributed by atoms with Crippen molar-refractivity contribution in [3.05, 3.63) is 69.8 Å². The summed E-state index contributed by atoms with van der Waals surface area (Å²) >= 11 is 0. The molecule has 1 aliphatic rings. The van der Waals surface area contributed by atoms with Crippen LogP contribution in [0.5, 0.6) is 0 Å². The van der Waals surface area contributed by atoms with E-state index in [1.54, 1.807) is 0 Å². The number of aliphatic hydroxyl groups is 1. The molecule has 0 spiro atoms. The maximum Gasteiger partial charge on any atom is 0.416 e. The number of aliphatic hydroxyl groups excluding tert-OH is 1. The number of hydrogen-bond donors (Lipinski definition) is 1. The average molecular weight is 344 g/mol. The molecule has 0 aliphatic heterocycles. The molecule has 25 heavy (non-hydrogen) atoms. The quantitative estimate of drug-likeness (QED) is 0.669. The number of fused-ring (bicyclic) bond motifs is 1. The van der Waals surface area contributed by atoms with Gasteiger partial charge in [-0.1, -0.05) is 24.0 Å². The maximum atomic E-state index is 12.6. The van der Waals surface area contributed by atoms with Gasteiger partial charge in [0, 0.05) is 5.56 Å². The second-order valence-corrected chi connectivity index (χ2v) is 6.53. The van der Waals surface area contributed by atoms with Crippen LogP contribution in [0.2, 0.25) is 0 Å². The highest BCUT2D eigenvalue weighted by Gasteiger charge is 2.30. The van der Waals surface area contributed by atoms with Gasteiger partial charge in [-0.25, -0.2) is 0 Å². The molecular formula is C21H19F3O. The summed E-state index contributed by atoms with van der Waals surface area (Å²) in [5, 5.41) is 10.7. The Bertz CT molecular complexity index is 838. The fourth-order valence-electron chi connectivity index (χ4n) is 3.36. The Morgan fingerprint density at radius 2 is 1.64 bits per heavy atom. The average Bonchev–Trinajstić information content (AvgIpc) is 2.57. The molecule has 2 aromatic carbocycles. The molecule has 0 radical (unpaired) electrons. The Morgan fingerprint density at radius 1 is 1.00 bits per heavy atom. The molecule has 130 valence electrons. The molecule has 2 atom stereocenters. The third kappa shape index (κ3) is 3.57. The van der Waals surface area contributed by atoms with Gasteiger partial charge in [-0.3, -0.25) is 0 Å². The van der Waals surface area contributed by atoms with Gasteiger partial charge in [-0.15, -0.1) is 0 Å². The van der Waals surface area contributed by atoms with Crippen molar-refractivity contribution in [1.29, 1.82) is 0 Å². The molecule has 0 amide bonds. The summed E-state index contributed by atoms with van der Waals surface area (Å²) in [5.74, 6) is 5.75. The summed E-state index contributed by atoms with van der Waals surface area (Å²) in [6.07, 6.45) is -3.41. The monoisotopic (exact) mass is 344 g/mol. The molecule has 2 aromatic rings. The highest BCUT2D eigenvalue weighted by atomic mass is 19.4. The van der Waals surface area contributed by atoms with Crippen LogP contribution in [0.4, 0.5) is 13.2 Å². The Hall–Kier alpha value is -2.25. The number of hydrogen-bond acceptors (Lipinski definition) is 1. The minimum Gasteiger partial charge on any atom is -0.387 e. The molecule has 1 aliphatic carbocycles. The predicted molar refractivity (Wildman–Crippen MR) is 91.0 cm³/mol. The van der Waals surface area contributed by atoms with Gasteiger partial charge in [-0.05, 0) is 73.2 Å². The Balaban J connectivity index is 1.83. The zero-order valence-electron chi connectivity index (χ0n) is 14.1. The molecule has 0 saturated carbocycles. The lowest BCUT2D eigenvalue weighted by Gasteiger charge is -2.29. The predicted octanol–water partition coefficient (Wildman–Crippen LogP) is 4.97. The van der Waals surface area contributed by atoms with Crippen LogP contribution in [0.3, 0.4) is 0 Å². The third-order valence-electron chi connectivity index (χ3n) is 4.81. The number of aryl methyl sites for hydroxylation is 2. The number of benzene rings is 2. The second kappa shape index (κ2) is 6.57. The SMILES string of the molecule is Cc1ccc(C)c2c1CC[C@H](C#Cc1ccc(C(F)(F)F)cc1)[C@@H]2O. The van der Waals surface area contributed by atoms with Crippen LogP contribution in [-0.2, 0) is 12.6 Å². The highest BCUT2D eigenvalue weighted by Crippen LogP contribution is 2.37. The van der Waals surface area contributed by atoms with E-state index < -0.39 is 17.8 Å². The lowest BCUT2D eigenvalue weighted by molar-refractivity contribution is -0.137. The summed E-state index contributed by atoms with van der Waals surface area (Å²) in [6.45, 7) is 4.02. The third-order valence-corrected chi connectivity index (χ3v) is 4.81. The van der Waals surface area contributed by atoms with Crippen molar-refractivity contribution < 1.29 is 18.3 Å². The summed E-state index contributed by atoms with van der Waals surface area (Å²) < 4.78 is 37.8. The van der Waals surface area contributed by atoms with E-state index in [-0.39, 0.29) is 5.92 Å². The van der Waals surface area contributed by atoms with E-state index in [1.807, 2.05) is 19.9 Å². The highest BCUT2D eigenvalue weighted by molar-refractivity contribution is 5.45. The Labute approximate surface area is 145 Å². The minimum absolute atomic E-state index is 0.213. The molecular weight excluding hydrogens is 325 g/mol. The zero-order valence-corrected chi connectivity index (χ0v) is 14.1. The van der Waals surface area contributed by atoms with Crippen molar-refractivity contribution in [3.63, 3.8) is 0 Å². The first kappa shape index (κ1) is 17.6. The molecule has 0 saturated heterocycles. The van der Waals surface area contributed by atoms with Crippen LogP contribution in [0, 0.1) is 31.6 Å². The van der Waals surface area contributed by atoms with E-state index in [2.05, 4.69) is 17.9 Å². The lowest BCUT2D eigenvalue weighted by atomic mass is 9.78. The topological polar surface area (TPSA) is 20.2 Å². The molecule has 0 unspecified atom stereocenters. The first-order valence-electron chi connectivity index (χ1n) is 8.23. The maximum absolute atomic E-state index is 12.6. The molecule has 0 bridgehead atoms. The summed E-state index contributed by atoms with van der Waals surface area (Å²) in [5.41, 5.74) is 4.21. The first-order chi connectivity index (χ1) is 11.8. The molecule has 0 fully saturated rings. The van der Waals surface area contributed by atoms with Gasteiger partial charge in [-0.2, -0.15) is 13.2 Å². The molecule has 0 aromatic heterocycles. The van der Waals surface area contributed by atoms with E-state index in [0.717, 1.165) is 36.1 Å². The van der Waals surface area contributed by atoms with Crippen LogP contribution in [0.25, 0.3) is 0 Å². The molecule has 1 N–H and O–H groups in total. The van der Waals surface area contributed by atoms with Crippen molar-refractivity contribution in [2.24, 2.45) is 5.92 Å². The van der Waals surface area contributed by atoms with Crippen LogP contribution in [0.1, 0.15) is 45.9 Å². The largest absolute Gasteiger partial charge is 0.416 e. The van der Waals surface area contributed by atoms with E-state index in [9.17, 15) is 18.3 Å². The number of alkyl halides is 3. The van der Waals surface area contributed by atoms with E-state index in [4.69, 9.17) is 0 Å². The number of halogens is 3. The van der Waals surface area contributed by atoms with Crippen molar-refractivity contribution >= 4 is 0 Å². The fourth-order valence-corrected chi connectivity index (χ4v) is 3.36. The minimum atomic E-state index is -4.34. The second-order valence-electron chi connectivity index (χ2n) is 6.53. The fraction of sp³-hybridized carbons (Fsp3) is 0.333. The van der Waals surface area contributed by atoms with E-state index in [1.165, 1.54) is 23.3 Å². The summed E-state index contributed by atoms with van der Waals surface area (Å²) in [4.78, 5) is 0. The Kier molecular flexibility index (Phi) is 4.62.